The topological polar surface area (TPSA) is 66.6 Å². The molecule has 1 aliphatic rings. The summed E-state index contributed by atoms with van der Waals surface area (Å²) in [5, 5.41) is 12.8. The molecule has 142 valence electrons. The molecule has 0 bridgehead atoms. The number of phenolic OH excluding ortho intramolecular Hbond substituents is 1. The molecule has 0 radical (unpaired) electrons. The number of hydrogen-bond donors (Lipinski definition) is 2. The van der Waals surface area contributed by atoms with E-state index in [0.717, 1.165) is 33.7 Å². The predicted molar refractivity (Wildman–Crippen MR) is 121 cm³/mol. The second-order valence-corrected chi connectivity index (χ2v) is 8.41. The van der Waals surface area contributed by atoms with Gasteiger partial charge in [0.2, 0.25) is 0 Å². The monoisotopic (exact) mass is 509 g/mol. The van der Waals surface area contributed by atoms with Crippen molar-refractivity contribution in [1.29, 1.82) is 0 Å². The molecule has 7 heteroatoms. The third kappa shape index (κ3) is 3.16. The van der Waals surface area contributed by atoms with Gasteiger partial charge in [-0.2, -0.15) is 0 Å². The van der Waals surface area contributed by atoms with Crippen molar-refractivity contribution in [1.82, 2.24) is 9.38 Å². The van der Waals surface area contributed by atoms with Crippen LogP contribution in [0.1, 0.15) is 11.1 Å². The number of nitrogens with zero attached hydrogens (tertiary/aromatic N) is 2. The summed E-state index contributed by atoms with van der Waals surface area (Å²) in [5.74, 6) is -0.0370. The van der Waals surface area contributed by atoms with Crippen LogP contribution in [-0.4, -0.2) is 20.4 Å². The lowest BCUT2D eigenvalue weighted by Crippen LogP contribution is -2.03. The van der Waals surface area contributed by atoms with Gasteiger partial charge in [-0.1, -0.05) is 12.1 Å². The Kier molecular flexibility index (Phi) is 4.29. The molecule has 5 nitrogen and oxygen atoms in total. The number of pyridine rings is 1. The molecule has 2 aromatic carbocycles. The Hall–Kier alpha value is -2.90. The number of carbonyl (C=O) groups is 1. The zero-order chi connectivity index (χ0) is 20.1. The second-order valence-electron chi connectivity index (χ2n) is 6.70. The Balaban J connectivity index is 1.61. The molecule has 0 aliphatic carbocycles. The number of imidazole rings is 1. The number of benzene rings is 2. The average molecular weight is 511 g/mol. The first kappa shape index (κ1) is 18.1. The van der Waals surface area contributed by atoms with Gasteiger partial charge in [-0.15, -0.1) is 0 Å². The molecule has 4 aromatic rings. The summed E-state index contributed by atoms with van der Waals surface area (Å²) in [6, 6.07) is 15.2. The number of carbonyl (C=O) groups excluding carboxylic acids is 1. The molecule has 0 saturated carbocycles. The zero-order valence-electron chi connectivity index (χ0n) is 14.9. The number of halogens is 2. The lowest BCUT2D eigenvalue weighted by Gasteiger charge is -2.05. The Morgan fingerprint density at radius 3 is 2.62 bits per heavy atom. The van der Waals surface area contributed by atoms with Gasteiger partial charge in [0, 0.05) is 34.8 Å². The van der Waals surface area contributed by atoms with E-state index in [0.29, 0.717) is 14.5 Å². The minimum absolute atomic E-state index is 0.123. The fourth-order valence-electron chi connectivity index (χ4n) is 3.40. The molecule has 0 fully saturated rings. The summed E-state index contributed by atoms with van der Waals surface area (Å²) in [6.07, 6.45) is 5.73. The van der Waals surface area contributed by atoms with Gasteiger partial charge in [0.25, 0.3) is 5.91 Å². The van der Waals surface area contributed by atoms with Crippen molar-refractivity contribution in [3.63, 3.8) is 0 Å². The first-order valence-corrected chi connectivity index (χ1v) is 10.4. The Labute approximate surface area is 183 Å². The maximum absolute atomic E-state index is 12.6. The van der Waals surface area contributed by atoms with E-state index in [-0.39, 0.29) is 11.7 Å². The van der Waals surface area contributed by atoms with Crippen LogP contribution in [0.2, 0.25) is 0 Å². The number of aromatic nitrogens is 2. The lowest BCUT2D eigenvalue weighted by atomic mass is 10.0. The van der Waals surface area contributed by atoms with Gasteiger partial charge in [-0.3, -0.25) is 4.79 Å². The average Bonchev–Trinajstić information content (AvgIpc) is 3.27. The number of aromatic hydroxyl groups is 1. The Morgan fingerprint density at radius 1 is 1.07 bits per heavy atom. The van der Waals surface area contributed by atoms with E-state index in [1.54, 1.807) is 12.1 Å². The van der Waals surface area contributed by atoms with Gasteiger partial charge in [0.1, 0.15) is 11.4 Å². The van der Waals surface area contributed by atoms with Gasteiger partial charge >= 0.3 is 0 Å². The molecule has 29 heavy (non-hydrogen) atoms. The molecule has 2 aromatic heterocycles. The lowest BCUT2D eigenvalue weighted by molar-refractivity contribution is -0.110. The van der Waals surface area contributed by atoms with Crippen LogP contribution in [0, 0.1) is 0 Å². The van der Waals surface area contributed by atoms with Gasteiger partial charge in [0.15, 0.2) is 0 Å². The zero-order valence-corrected chi connectivity index (χ0v) is 18.0. The Bertz CT molecular complexity index is 1290. The summed E-state index contributed by atoms with van der Waals surface area (Å²) in [6.45, 7) is 0. The molecule has 2 N–H and O–H groups in total. The SMILES string of the molecule is O=C1Nc2ccc(-c3cn4ccccc4n3)cc2C1=Cc1cc(Br)c(O)c(Br)c1. The number of hydrogen-bond acceptors (Lipinski definition) is 3. The van der Waals surface area contributed by atoms with Crippen LogP contribution in [0.15, 0.2) is 69.9 Å². The molecule has 1 aliphatic heterocycles. The number of nitrogens with one attached hydrogen (secondary N) is 1. The van der Waals surface area contributed by atoms with Crippen molar-refractivity contribution in [2.45, 2.75) is 0 Å². The molecular weight excluding hydrogens is 498 g/mol. The third-order valence-electron chi connectivity index (χ3n) is 4.81. The van der Waals surface area contributed by atoms with Crippen molar-refractivity contribution in [3.05, 3.63) is 81.0 Å². The van der Waals surface area contributed by atoms with Crippen molar-refractivity contribution in [2.75, 3.05) is 5.32 Å². The maximum Gasteiger partial charge on any atom is 0.256 e. The number of rotatable bonds is 2. The molecule has 0 atom stereocenters. The highest BCUT2D eigenvalue weighted by molar-refractivity contribution is 9.11. The van der Waals surface area contributed by atoms with Crippen molar-refractivity contribution in [3.8, 4) is 17.0 Å². The highest BCUT2D eigenvalue weighted by atomic mass is 79.9. The van der Waals surface area contributed by atoms with Crippen LogP contribution in [-0.2, 0) is 4.79 Å². The summed E-state index contributed by atoms with van der Waals surface area (Å²) in [7, 11) is 0. The molecular formula is C22H13Br2N3O2. The first-order chi connectivity index (χ1) is 14.0. The Morgan fingerprint density at radius 2 is 1.86 bits per heavy atom. The number of amides is 1. The fraction of sp³-hybridized carbons (Fsp3) is 0. The molecule has 0 spiro atoms. The number of fused-ring (bicyclic) bond motifs is 2. The van der Waals surface area contributed by atoms with Gasteiger partial charge in [0.05, 0.1) is 14.6 Å². The van der Waals surface area contributed by atoms with Crippen LogP contribution >= 0.6 is 31.9 Å². The molecule has 0 saturated heterocycles. The quantitative estimate of drug-likeness (QED) is 0.339. The largest absolute Gasteiger partial charge is 0.506 e. The van der Waals surface area contributed by atoms with E-state index in [4.69, 9.17) is 0 Å². The van der Waals surface area contributed by atoms with E-state index >= 15 is 0 Å². The number of anilines is 1. The van der Waals surface area contributed by atoms with Crippen LogP contribution in [0.4, 0.5) is 5.69 Å². The van der Waals surface area contributed by atoms with Gasteiger partial charge in [-0.25, -0.2) is 4.98 Å². The van der Waals surface area contributed by atoms with Crippen LogP contribution in [0.3, 0.4) is 0 Å². The third-order valence-corrected chi connectivity index (χ3v) is 6.02. The van der Waals surface area contributed by atoms with Crippen molar-refractivity contribution < 1.29 is 9.90 Å². The maximum atomic E-state index is 12.6. The number of phenols is 1. The van der Waals surface area contributed by atoms with Crippen molar-refractivity contribution in [2.24, 2.45) is 0 Å². The molecule has 5 rings (SSSR count). The minimum Gasteiger partial charge on any atom is -0.506 e. The fourth-order valence-corrected chi connectivity index (χ4v) is 4.62. The van der Waals surface area contributed by atoms with Crippen LogP contribution in [0.5, 0.6) is 5.75 Å². The van der Waals surface area contributed by atoms with Gasteiger partial charge in [-0.05, 0) is 79.9 Å². The van der Waals surface area contributed by atoms with Crippen LogP contribution < -0.4 is 5.32 Å². The summed E-state index contributed by atoms with van der Waals surface area (Å²) in [5.41, 5.74) is 5.59. The van der Waals surface area contributed by atoms with Crippen LogP contribution in [0.25, 0.3) is 28.6 Å². The smallest absolute Gasteiger partial charge is 0.256 e. The summed E-state index contributed by atoms with van der Waals surface area (Å²) in [4.78, 5) is 17.3. The highest BCUT2D eigenvalue weighted by Gasteiger charge is 2.25. The van der Waals surface area contributed by atoms with E-state index in [1.807, 2.05) is 59.3 Å². The molecule has 1 amide bonds. The summed E-state index contributed by atoms with van der Waals surface area (Å²) >= 11 is 6.66. The van der Waals surface area contributed by atoms with Gasteiger partial charge < -0.3 is 14.8 Å². The molecule has 3 heterocycles. The summed E-state index contributed by atoms with van der Waals surface area (Å²) < 4.78 is 3.07. The molecule has 0 unspecified atom stereocenters. The second kappa shape index (κ2) is 6.86. The van der Waals surface area contributed by atoms with E-state index in [1.165, 1.54) is 0 Å². The van der Waals surface area contributed by atoms with Crippen molar-refractivity contribution >= 4 is 60.8 Å². The highest BCUT2D eigenvalue weighted by Crippen LogP contribution is 2.38. The standard InChI is InChI=1S/C22H13Br2N3O2/c23-16-8-12(9-17(24)21(16)28)7-15-14-10-13(4-5-18(14)26-22(15)29)19-11-27-6-2-1-3-20(27)25-19/h1-11,28H,(H,26,29). The normalized spacial score (nSPS) is 14.4. The van der Waals surface area contributed by atoms with E-state index in [9.17, 15) is 9.90 Å². The first-order valence-electron chi connectivity index (χ1n) is 8.79. The van der Waals surface area contributed by atoms with E-state index < -0.39 is 0 Å². The predicted octanol–water partition coefficient (Wildman–Crippen LogP) is 5.72. The van der Waals surface area contributed by atoms with E-state index in [2.05, 4.69) is 42.2 Å². The minimum atomic E-state index is -0.160.